The first kappa shape index (κ1) is 15.9. The second kappa shape index (κ2) is 8.13. The van der Waals surface area contributed by atoms with Crippen molar-refractivity contribution < 1.29 is 4.79 Å². The molecule has 0 spiro atoms. The highest BCUT2D eigenvalue weighted by Crippen LogP contribution is 2.12. The second-order valence-corrected chi connectivity index (χ2v) is 4.43. The summed E-state index contributed by atoms with van der Waals surface area (Å²) in [6.45, 7) is 5.58. The number of hydrogen-bond acceptors (Lipinski definition) is 3. The van der Waals surface area contributed by atoms with E-state index in [1.165, 1.54) is 0 Å². The van der Waals surface area contributed by atoms with Crippen molar-refractivity contribution in [2.45, 2.75) is 20.3 Å². The lowest BCUT2D eigenvalue weighted by atomic mass is 10.1. The summed E-state index contributed by atoms with van der Waals surface area (Å²) in [5.41, 5.74) is 7.66. The molecule has 0 bridgehead atoms. The molecule has 106 valence electrons. The standard InChI is InChI=1S/C16H21N3O/c1-3-19(4-2)16(20)15(12-18)11-14-7-5-6-13(10-14)8-9-17/h5-7,10-11H,3-4,8-9,17H2,1-2H3/b15-11+. The molecule has 0 unspecified atom stereocenters. The molecule has 0 aliphatic carbocycles. The number of likely N-dealkylation sites (N-methyl/N-ethyl adjacent to an activating group) is 1. The van der Waals surface area contributed by atoms with Crippen LogP contribution in [-0.2, 0) is 11.2 Å². The summed E-state index contributed by atoms with van der Waals surface area (Å²) >= 11 is 0. The van der Waals surface area contributed by atoms with E-state index in [1.54, 1.807) is 11.0 Å². The average Bonchev–Trinajstić information content (AvgIpc) is 2.46. The van der Waals surface area contributed by atoms with Crippen LogP contribution in [0.15, 0.2) is 29.8 Å². The molecule has 0 radical (unpaired) electrons. The summed E-state index contributed by atoms with van der Waals surface area (Å²) in [6.07, 6.45) is 2.42. The highest BCUT2D eigenvalue weighted by molar-refractivity contribution is 6.01. The van der Waals surface area contributed by atoms with E-state index in [-0.39, 0.29) is 11.5 Å². The van der Waals surface area contributed by atoms with Crippen molar-refractivity contribution in [2.75, 3.05) is 19.6 Å². The predicted molar refractivity (Wildman–Crippen MR) is 80.7 cm³/mol. The lowest BCUT2D eigenvalue weighted by molar-refractivity contribution is -0.126. The summed E-state index contributed by atoms with van der Waals surface area (Å²) in [7, 11) is 0. The number of hydrogen-bond donors (Lipinski definition) is 1. The molecule has 1 rings (SSSR count). The second-order valence-electron chi connectivity index (χ2n) is 4.43. The number of carbonyl (C=O) groups excluding carboxylic acids is 1. The van der Waals surface area contributed by atoms with Crippen LogP contribution in [0.1, 0.15) is 25.0 Å². The zero-order chi connectivity index (χ0) is 15.0. The Kier molecular flexibility index (Phi) is 6.48. The van der Waals surface area contributed by atoms with E-state index in [2.05, 4.69) is 0 Å². The van der Waals surface area contributed by atoms with Crippen LogP contribution < -0.4 is 5.73 Å². The van der Waals surface area contributed by atoms with Crippen molar-refractivity contribution >= 4 is 12.0 Å². The van der Waals surface area contributed by atoms with Crippen molar-refractivity contribution in [3.05, 3.63) is 41.0 Å². The molecule has 0 aliphatic rings. The zero-order valence-corrected chi connectivity index (χ0v) is 12.1. The van der Waals surface area contributed by atoms with E-state index in [0.29, 0.717) is 19.6 Å². The molecule has 0 fully saturated rings. The lowest BCUT2D eigenvalue weighted by Crippen LogP contribution is -2.31. The molecule has 0 aromatic heterocycles. The van der Waals surface area contributed by atoms with Crippen LogP contribution in [0.25, 0.3) is 6.08 Å². The third kappa shape index (κ3) is 4.22. The summed E-state index contributed by atoms with van der Waals surface area (Å²) in [5.74, 6) is -0.221. The fourth-order valence-corrected chi connectivity index (χ4v) is 1.99. The van der Waals surface area contributed by atoms with E-state index >= 15 is 0 Å². The van der Waals surface area contributed by atoms with Crippen LogP contribution in [0, 0.1) is 11.3 Å². The molecule has 4 heteroatoms. The largest absolute Gasteiger partial charge is 0.339 e. The maximum absolute atomic E-state index is 12.2. The van der Waals surface area contributed by atoms with Crippen molar-refractivity contribution in [3.8, 4) is 6.07 Å². The van der Waals surface area contributed by atoms with Gasteiger partial charge in [0.15, 0.2) is 0 Å². The fourth-order valence-electron chi connectivity index (χ4n) is 1.99. The Bertz CT molecular complexity index is 525. The Labute approximate surface area is 120 Å². The van der Waals surface area contributed by atoms with Gasteiger partial charge in [-0.05, 0) is 44.0 Å². The van der Waals surface area contributed by atoms with Gasteiger partial charge in [-0.2, -0.15) is 5.26 Å². The van der Waals surface area contributed by atoms with Gasteiger partial charge >= 0.3 is 0 Å². The van der Waals surface area contributed by atoms with Crippen molar-refractivity contribution in [2.24, 2.45) is 5.73 Å². The highest BCUT2D eigenvalue weighted by Gasteiger charge is 2.15. The molecule has 1 aromatic carbocycles. The van der Waals surface area contributed by atoms with Crippen LogP contribution in [-0.4, -0.2) is 30.4 Å². The molecule has 0 heterocycles. The maximum Gasteiger partial charge on any atom is 0.264 e. The van der Waals surface area contributed by atoms with Gasteiger partial charge in [0.25, 0.3) is 5.91 Å². The van der Waals surface area contributed by atoms with Gasteiger partial charge in [0, 0.05) is 13.1 Å². The monoisotopic (exact) mass is 271 g/mol. The summed E-state index contributed by atoms with van der Waals surface area (Å²) in [5, 5.41) is 9.18. The number of rotatable bonds is 6. The SMILES string of the molecule is CCN(CC)C(=O)/C(C#N)=C/c1cccc(CCN)c1. The first-order valence-electron chi connectivity index (χ1n) is 6.86. The van der Waals surface area contributed by atoms with Crippen LogP contribution >= 0.6 is 0 Å². The Morgan fingerprint density at radius 2 is 2.10 bits per heavy atom. The van der Waals surface area contributed by atoms with Gasteiger partial charge in [0.1, 0.15) is 11.6 Å². The van der Waals surface area contributed by atoms with Crippen LogP contribution in [0.2, 0.25) is 0 Å². The minimum atomic E-state index is -0.221. The predicted octanol–water partition coefficient (Wildman–Crippen LogP) is 1.96. The molecule has 2 N–H and O–H groups in total. The zero-order valence-electron chi connectivity index (χ0n) is 12.1. The highest BCUT2D eigenvalue weighted by atomic mass is 16.2. The molecule has 4 nitrogen and oxygen atoms in total. The lowest BCUT2D eigenvalue weighted by Gasteiger charge is -2.17. The third-order valence-electron chi connectivity index (χ3n) is 3.10. The number of amides is 1. The minimum Gasteiger partial charge on any atom is -0.339 e. The van der Waals surface area contributed by atoms with Gasteiger partial charge in [-0.3, -0.25) is 4.79 Å². The van der Waals surface area contributed by atoms with E-state index in [9.17, 15) is 10.1 Å². The van der Waals surface area contributed by atoms with E-state index in [1.807, 2.05) is 44.2 Å². The van der Waals surface area contributed by atoms with Crippen molar-refractivity contribution in [1.29, 1.82) is 5.26 Å². The van der Waals surface area contributed by atoms with Crippen LogP contribution in [0.4, 0.5) is 0 Å². The van der Waals surface area contributed by atoms with Crippen LogP contribution in [0.5, 0.6) is 0 Å². The van der Waals surface area contributed by atoms with Gasteiger partial charge in [-0.1, -0.05) is 24.3 Å². The summed E-state index contributed by atoms with van der Waals surface area (Å²) < 4.78 is 0. The van der Waals surface area contributed by atoms with Gasteiger partial charge < -0.3 is 10.6 Å². The van der Waals surface area contributed by atoms with E-state index in [0.717, 1.165) is 17.5 Å². The number of carbonyl (C=O) groups is 1. The normalized spacial score (nSPS) is 11.0. The van der Waals surface area contributed by atoms with E-state index < -0.39 is 0 Å². The molecule has 0 atom stereocenters. The molecular formula is C16H21N3O. The first-order valence-corrected chi connectivity index (χ1v) is 6.86. The van der Waals surface area contributed by atoms with Gasteiger partial charge in [-0.25, -0.2) is 0 Å². The fraction of sp³-hybridized carbons (Fsp3) is 0.375. The molecular weight excluding hydrogens is 250 g/mol. The molecule has 0 saturated heterocycles. The number of nitrogens with zero attached hydrogens (tertiary/aromatic N) is 2. The van der Waals surface area contributed by atoms with Gasteiger partial charge in [0.2, 0.25) is 0 Å². The number of nitrogens with two attached hydrogens (primary N) is 1. The molecule has 20 heavy (non-hydrogen) atoms. The Balaban J connectivity index is 3.03. The van der Waals surface area contributed by atoms with E-state index in [4.69, 9.17) is 5.73 Å². The Hall–Kier alpha value is -2.12. The minimum absolute atomic E-state index is 0.165. The van der Waals surface area contributed by atoms with Gasteiger partial charge in [-0.15, -0.1) is 0 Å². The average molecular weight is 271 g/mol. The quantitative estimate of drug-likeness (QED) is 0.635. The smallest absolute Gasteiger partial charge is 0.264 e. The Morgan fingerprint density at radius 1 is 1.40 bits per heavy atom. The molecule has 0 saturated carbocycles. The van der Waals surface area contributed by atoms with Gasteiger partial charge in [0.05, 0.1) is 0 Å². The molecule has 0 aliphatic heterocycles. The third-order valence-corrected chi connectivity index (χ3v) is 3.10. The van der Waals surface area contributed by atoms with Crippen molar-refractivity contribution in [3.63, 3.8) is 0 Å². The maximum atomic E-state index is 12.2. The van der Waals surface area contributed by atoms with Crippen LogP contribution in [0.3, 0.4) is 0 Å². The molecule has 1 aromatic rings. The summed E-state index contributed by atoms with van der Waals surface area (Å²) in [4.78, 5) is 13.8. The topological polar surface area (TPSA) is 70.1 Å². The number of nitriles is 1. The first-order chi connectivity index (χ1) is 9.65. The Morgan fingerprint density at radius 3 is 2.65 bits per heavy atom. The number of benzene rings is 1. The molecule has 1 amide bonds. The van der Waals surface area contributed by atoms with Crippen molar-refractivity contribution in [1.82, 2.24) is 4.90 Å². The summed E-state index contributed by atoms with van der Waals surface area (Å²) in [6, 6.07) is 9.73.